The van der Waals surface area contributed by atoms with Crippen LogP contribution >= 0.6 is 0 Å². The van der Waals surface area contributed by atoms with Crippen molar-refractivity contribution in [2.45, 2.75) is 26.3 Å². The van der Waals surface area contributed by atoms with Crippen LogP contribution in [0.2, 0.25) is 0 Å². The molecule has 0 spiro atoms. The largest absolute Gasteiger partial charge is 0.484 e. The molecule has 124 valence electrons. The van der Waals surface area contributed by atoms with E-state index in [0.717, 1.165) is 0 Å². The van der Waals surface area contributed by atoms with Gasteiger partial charge in [0.1, 0.15) is 6.61 Å². The molecule has 2 rings (SSSR count). The summed E-state index contributed by atoms with van der Waals surface area (Å²) in [5, 5.41) is 5.20. The lowest BCUT2D eigenvalue weighted by molar-refractivity contribution is -0.139. The number of para-hydroxylation sites is 1. The van der Waals surface area contributed by atoms with Gasteiger partial charge in [0, 0.05) is 0 Å². The van der Waals surface area contributed by atoms with Crippen molar-refractivity contribution >= 4 is 12.0 Å². The highest BCUT2D eigenvalue weighted by molar-refractivity contribution is 5.94. The zero-order chi connectivity index (χ0) is 16.8. The zero-order valence-corrected chi connectivity index (χ0v) is 13.0. The number of carbonyl (C=O) groups is 2. The third-order valence-electron chi connectivity index (χ3n) is 3.36. The molecule has 1 aromatic rings. The number of hydrogen-bond acceptors (Lipinski definition) is 4. The van der Waals surface area contributed by atoms with Gasteiger partial charge in [0.25, 0.3) is 0 Å². The monoisotopic (exact) mass is 322 g/mol. The Hall–Kier alpha value is -2.57. The maximum absolute atomic E-state index is 13.6. The third-order valence-corrected chi connectivity index (χ3v) is 3.36. The van der Waals surface area contributed by atoms with Crippen LogP contribution < -0.4 is 15.4 Å². The molecule has 0 unspecified atom stereocenters. The first-order valence-corrected chi connectivity index (χ1v) is 7.41. The molecule has 23 heavy (non-hydrogen) atoms. The number of rotatable bonds is 6. The van der Waals surface area contributed by atoms with E-state index in [1.807, 2.05) is 6.92 Å². The van der Waals surface area contributed by atoms with E-state index >= 15 is 0 Å². The van der Waals surface area contributed by atoms with Gasteiger partial charge < -0.3 is 20.1 Å². The second kappa shape index (κ2) is 7.62. The van der Waals surface area contributed by atoms with Gasteiger partial charge in [-0.2, -0.15) is 0 Å². The fraction of sp³-hybridized carbons (Fsp3) is 0.375. The van der Waals surface area contributed by atoms with Crippen LogP contribution in [0.1, 0.15) is 20.3 Å². The molecule has 1 aliphatic heterocycles. The van der Waals surface area contributed by atoms with Gasteiger partial charge in [-0.1, -0.05) is 19.1 Å². The molecule has 1 aliphatic rings. The first-order chi connectivity index (χ1) is 11.1. The number of benzene rings is 1. The lowest BCUT2D eigenvalue weighted by atomic mass is 10.0. The van der Waals surface area contributed by atoms with Gasteiger partial charge in [0.15, 0.2) is 11.6 Å². The van der Waals surface area contributed by atoms with Crippen molar-refractivity contribution < 1.29 is 23.5 Å². The van der Waals surface area contributed by atoms with Gasteiger partial charge in [-0.05, 0) is 25.5 Å². The molecule has 1 heterocycles. The number of amides is 2. The minimum atomic E-state index is -0.529. The van der Waals surface area contributed by atoms with E-state index in [9.17, 15) is 14.0 Å². The van der Waals surface area contributed by atoms with Crippen molar-refractivity contribution in [3.8, 4) is 5.75 Å². The van der Waals surface area contributed by atoms with Crippen LogP contribution in [0, 0.1) is 5.82 Å². The van der Waals surface area contributed by atoms with Gasteiger partial charge in [-0.3, -0.25) is 0 Å². The molecular weight excluding hydrogens is 303 g/mol. The lowest BCUT2D eigenvalue weighted by Crippen LogP contribution is -2.51. The molecule has 2 N–H and O–H groups in total. The Morgan fingerprint density at radius 2 is 2.04 bits per heavy atom. The van der Waals surface area contributed by atoms with Crippen LogP contribution in [-0.2, 0) is 9.53 Å². The SMILES string of the molecule is CCOC(=O)C1=C(COc2ccccc2F)NC(=O)N[C@@H]1CC. The van der Waals surface area contributed by atoms with E-state index in [1.54, 1.807) is 19.1 Å². The number of hydrogen-bond donors (Lipinski definition) is 2. The van der Waals surface area contributed by atoms with E-state index in [4.69, 9.17) is 9.47 Å². The quantitative estimate of drug-likeness (QED) is 0.787. The van der Waals surface area contributed by atoms with Crippen LogP contribution in [-0.4, -0.2) is 31.3 Å². The van der Waals surface area contributed by atoms with Gasteiger partial charge in [-0.25, -0.2) is 14.0 Å². The molecule has 1 atom stereocenters. The summed E-state index contributed by atoms with van der Waals surface area (Å²) in [6, 6.07) is 5.02. The maximum atomic E-state index is 13.6. The molecule has 0 saturated carbocycles. The smallest absolute Gasteiger partial charge is 0.338 e. The average molecular weight is 322 g/mol. The third kappa shape index (κ3) is 4.00. The fourth-order valence-corrected chi connectivity index (χ4v) is 2.29. The van der Waals surface area contributed by atoms with Crippen molar-refractivity contribution in [3.63, 3.8) is 0 Å². The molecule has 0 fully saturated rings. The van der Waals surface area contributed by atoms with Crippen LogP contribution in [0.4, 0.5) is 9.18 Å². The average Bonchev–Trinajstić information content (AvgIpc) is 2.53. The molecule has 1 aromatic carbocycles. The highest BCUT2D eigenvalue weighted by atomic mass is 19.1. The summed E-state index contributed by atoms with van der Waals surface area (Å²) in [5.74, 6) is -0.999. The van der Waals surface area contributed by atoms with Crippen molar-refractivity contribution in [1.29, 1.82) is 0 Å². The molecule has 7 heteroatoms. The van der Waals surface area contributed by atoms with E-state index in [1.165, 1.54) is 12.1 Å². The Morgan fingerprint density at radius 3 is 2.70 bits per heavy atom. The zero-order valence-electron chi connectivity index (χ0n) is 13.0. The maximum Gasteiger partial charge on any atom is 0.338 e. The van der Waals surface area contributed by atoms with E-state index in [0.29, 0.717) is 12.0 Å². The molecular formula is C16H19FN2O4. The molecule has 6 nitrogen and oxygen atoms in total. The number of urea groups is 1. The predicted octanol–water partition coefficient (Wildman–Crippen LogP) is 2.11. The van der Waals surface area contributed by atoms with Crippen LogP contribution in [0.5, 0.6) is 5.75 Å². The Bertz CT molecular complexity index is 630. The molecule has 0 saturated heterocycles. The van der Waals surface area contributed by atoms with Gasteiger partial charge in [-0.15, -0.1) is 0 Å². The van der Waals surface area contributed by atoms with E-state index < -0.39 is 23.9 Å². The summed E-state index contributed by atoms with van der Waals surface area (Å²) >= 11 is 0. The van der Waals surface area contributed by atoms with Crippen LogP contribution in [0.25, 0.3) is 0 Å². The minimum absolute atomic E-state index is 0.0454. The molecule has 2 amide bonds. The number of nitrogens with one attached hydrogen (secondary N) is 2. The van der Waals surface area contributed by atoms with Crippen LogP contribution in [0.15, 0.2) is 35.5 Å². The molecule has 0 aromatic heterocycles. The summed E-state index contributed by atoms with van der Waals surface area (Å²) in [7, 11) is 0. The summed E-state index contributed by atoms with van der Waals surface area (Å²) in [6.45, 7) is 3.61. The Labute approximate surface area is 133 Å². The van der Waals surface area contributed by atoms with Crippen molar-refractivity contribution in [3.05, 3.63) is 41.4 Å². The molecule has 0 bridgehead atoms. The van der Waals surface area contributed by atoms with Gasteiger partial charge in [0.2, 0.25) is 0 Å². The van der Waals surface area contributed by atoms with Crippen molar-refractivity contribution in [2.75, 3.05) is 13.2 Å². The highest BCUT2D eigenvalue weighted by Crippen LogP contribution is 2.20. The van der Waals surface area contributed by atoms with E-state index in [2.05, 4.69) is 10.6 Å². The summed E-state index contributed by atoms with van der Waals surface area (Å²) in [6.07, 6.45) is 0.519. The summed E-state index contributed by atoms with van der Waals surface area (Å²) < 4.78 is 24.0. The van der Waals surface area contributed by atoms with Gasteiger partial charge in [0.05, 0.1) is 23.9 Å². The second-order valence-electron chi connectivity index (χ2n) is 4.89. The topological polar surface area (TPSA) is 76.7 Å². The van der Waals surface area contributed by atoms with E-state index in [-0.39, 0.29) is 24.7 Å². The Morgan fingerprint density at radius 1 is 1.30 bits per heavy atom. The van der Waals surface area contributed by atoms with Crippen molar-refractivity contribution in [1.82, 2.24) is 10.6 Å². The lowest BCUT2D eigenvalue weighted by Gasteiger charge is -2.28. The first kappa shape index (κ1) is 16.8. The van der Waals surface area contributed by atoms with Crippen molar-refractivity contribution in [2.24, 2.45) is 0 Å². The molecule has 0 aliphatic carbocycles. The Balaban J connectivity index is 2.26. The highest BCUT2D eigenvalue weighted by Gasteiger charge is 2.31. The number of carbonyl (C=O) groups excluding carboxylic acids is 2. The first-order valence-electron chi connectivity index (χ1n) is 7.41. The number of esters is 1. The standard InChI is InChI=1S/C16H19FN2O4/c1-3-11-14(15(20)22-4-2)12(19-16(21)18-11)9-23-13-8-6-5-7-10(13)17/h5-8,11H,3-4,9H2,1-2H3,(H2,18,19,21)/t11-/m1/s1. The normalized spacial score (nSPS) is 17.3. The van der Waals surface area contributed by atoms with Gasteiger partial charge >= 0.3 is 12.0 Å². The summed E-state index contributed by atoms with van der Waals surface area (Å²) in [4.78, 5) is 23.9. The number of ether oxygens (including phenoxy) is 2. The predicted molar refractivity (Wildman–Crippen MR) is 81.3 cm³/mol. The van der Waals surface area contributed by atoms with Crippen LogP contribution in [0.3, 0.4) is 0 Å². The fourth-order valence-electron chi connectivity index (χ4n) is 2.29. The Kier molecular flexibility index (Phi) is 5.56. The second-order valence-corrected chi connectivity index (χ2v) is 4.89. The molecule has 0 radical (unpaired) electrons. The number of halogens is 1. The minimum Gasteiger partial charge on any atom is -0.484 e. The summed E-state index contributed by atoms with van der Waals surface area (Å²) in [5.41, 5.74) is 0.576.